The largest absolute Gasteiger partial charge is 0.493 e. The van der Waals surface area contributed by atoms with E-state index in [4.69, 9.17) is 28.9 Å². The van der Waals surface area contributed by atoms with Gasteiger partial charge >= 0.3 is 0 Å². The number of piperidine rings is 1. The zero-order valence-electron chi connectivity index (χ0n) is 59.6. The predicted octanol–water partition coefficient (Wildman–Crippen LogP) is 13.9. The van der Waals surface area contributed by atoms with Crippen LogP contribution in [-0.4, -0.2) is 136 Å². The van der Waals surface area contributed by atoms with Crippen LogP contribution in [0.5, 0.6) is 17.2 Å². The highest BCUT2D eigenvalue weighted by atomic mass is 19.3. The number of ether oxygens (including phenoxy) is 4. The van der Waals surface area contributed by atoms with E-state index in [-0.39, 0.29) is 49.3 Å². The van der Waals surface area contributed by atoms with E-state index in [1.165, 1.54) is 48.8 Å². The van der Waals surface area contributed by atoms with Crippen molar-refractivity contribution in [2.24, 2.45) is 11.8 Å². The van der Waals surface area contributed by atoms with Gasteiger partial charge in [-0.05, 0) is 108 Å². The van der Waals surface area contributed by atoms with Crippen molar-refractivity contribution in [3.8, 4) is 56.7 Å². The number of halogens is 5. The first-order valence-corrected chi connectivity index (χ1v) is 36.5. The van der Waals surface area contributed by atoms with E-state index in [1.807, 2.05) is 65.5 Å². The van der Waals surface area contributed by atoms with Crippen LogP contribution in [0.3, 0.4) is 0 Å². The van der Waals surface area contributed by atoms with Crippen LogP contribution < -0.4 is 30.2 Å². The molecule has 1 aliphatic carbocycles. The van der Waals surface area contributed by atoms with Crippen molar-refractivity contribution in [3.63, 3.8) is 0 Å². The van der Waals surface area contributed by atoms with Crippen LogP contribution in [0.15, 0.2) is 146 Å². The van der Waals surface area contributed by atoms with Gasteiger partial charge in [-0.2, -0.15) is 5.26 Å². The van der Waals surface area contributed by atoms with E-state index in [1.54, 1.807) is 53.2 Å². The van der Waals surface area contributed by atoms with Crippen LogP contribution in [0.1, 0.15) is 80.0 Å². The van der Waals surface area contributed by atoms with Gasteiger partial charge in [0.05, 0.1) is 56.6 Å². The number of nitriles is 1. The van der Waals surface area contributed by atoms with Gasteiger partial charge in [0.1, 0.15) is 52.1 Å². The van der Waals surface area contributed by atoms with E-state index in [2.05, 4.69) is 100 Å². The second kappa shape index (κ2) is 29.0. The number of alkyl halides is 2. The van der Waals surface area contributed by atoms with Crippen LogP contribution >= 0.6 is 0 Å². The molecule has 1 saturated carbocycles. The fourth-order valence-electron chi connectivity index (χ4n) is 15.9. The molecule has 546 valence electrons. The maximum atomic E-state index is 14.6. The van der Waals surface area contributed by atoms with Gasteiger partial charge < -0.3 is 34.9 Å². The summed E-state index contributed by atoms with van der Waals surface area (Å²) in [6.07, 6.45) is 15.8. The fourth-order valence-corrected chi connectivity index (χ4v) is 15.9. The van der Waals surface area contributed by atoms with Crippen molar-refractivity contribution in [3.05, 3.63) is 231 Å². The minimum Gasteiger partial charge on any atom is -0.493 e. The first-order valence-electron chi connectivity index (χ1n) is 36.5. The lowest BCUT2D eigenvalue weighted by Gasteiger charge is -2.38. The normalized spacial score (nSPS) is 18.1. The molecule has 3 saturated heterocycles. The highest BCUT2D eigenvalue weighted by Crippen LogP contribution is 2.45. The first kappa shape index (κ1) is 69.0. The van der Waals surface area contributed by atoms with Crippen molar-refractivity contribution in [1.82, 2.24) is 57.8 Å². The Hall–Kier alpha value is -11.0. The van der Waals surface area contributed by atoms with Crippen LogP contribution in [0, 0.1) is 54.5 Å². The van der Waals surface area contributed by atoms with Crippen LogP contribution in [0.2, 0.25) is 0 Å². The number of fused-ring (bicyclic) bond motifs is 7. The summed E-state index contributed by atoms with van der Waals surface area (Å²) in [5.74, 6) is 2.53. The number of methoxy groups -OCH3 is 1. The molecule has 3 atom stereocenters. The first-order chi connectivity index (χ1) is 52.1. The molecule has 19 rings (SSSR count). The Morgan fingerprint density at radius 1 is 0.505 bits per heavy atom. The molecule has 3 N–H and O–H groups in total. The van der Waals surface area contributed by atoms with E-state index in [9.17, 15) is 27.2 Å². The average Bonchev–Trinajstić information content (AvgIpc) is 1.69. The van der Waals surface area contributed by atoms with Crippen LogP contribution in [0.25, 0.3) is 50.3 Å². The molecule has 0 amide bonds. The van der Waals surface area contributed by atoms with E-state index < -0.39 is 5.92 Å². The molecule has 25 heteroatoms. The van der Waals surface area contributed by atoms with Crippen molar-refractivity contribution in [2.45, 2.75) is 97.2 Å². The van der Waals surface area contributed by atoms with Gasteiger partial charge in [-0.25, -0.2) is 51.9 Å². The van der Waals surface area contributed by atoms with Crippen LogP contribution in [0.4, 0.5) is 39.8 Å². The summed E-state index contributed by atoms with van der Waals surface area (Å²) < 4.78 is 97.8. The van der Waals surface area contributed by atoms with Gasteiger partial charge in [-0.1, -0.05) is 72.8 Å². The minimum absolute atomic E-state index is 0.191. The number of aromatic nitrogens is 9. The zero-order valence-corrected chi connectivity index (χ0v) is 59.6. The van der Waals surface area contributed by atoms with Gasteiger partial charge in [0.15, 0.2) is 11.3 Å². The number of hydrogen-bond donors (Lipinski definition) is 3. The smallest absolute Gasteiger partial charge is 0.272 e. The molecule has 6 aromatic carbocycles. The molecule has 0 bridgehead atoms. The molecule has 4 fully saturated rings. The lowest BCUT2D eigenvalue weighted by atomic mass is 10.0. The third kappa shape index (κ3) is 14.4. The molecule has 6 aromatic heterocycles. The maximum absolute atomic E-state index is 14.6. The van der Waals surface area contributed by atoms with Crippen molar-refractivity contribution in [2.75, 3.05) is 82.1 Å². The Kier molecular flexibility index (Phi) is 18.7. The van der Waals surface area contributed by atoms with Crippen molar-refractivity contribution >= 4 is 34.8 Å². The van der Waals surface area contributed by atoms with E-state index in [0.29, 0.717) is 92.0 Å². The summed E-state index contributed by atoms with van der Waals surface area (Å²) in [7, 11) is 1.77. The number of rotatable bonds is 19. The van der Waals surface area contributed by atoms with Gasteiger partial charge in [-0.15, -0.1) is 0 Å². The average molecular weight is 1450 g/mol. The van der Waals surface area contributed by atoms with Gasteiger partial charge in [-0.3, -0.25) is 27.9 Å². The highest BCUT2D eigenvalue weighted by molar-refractivity contribution is 5.81. The number of imidazole rings is 3. The quantitative estimate of drug-likeness (QED) is 0.0646. The van der Waals surface area contributed by atoms with Crippen molar-refractivity contribution < 1.29 is 40.9 Å². The number of nitrogens with zero attached hydrogens (tertiary/aromatic N) is 13. The number of anilines is 3. The van der Waals surface area contributed by atoms with E-state index >= 15 is 0 Å². The second-order valence-electron chi connectivity index (χ2n) is 28.9. The predicted molar refractivity (Wildman–Crippen MR) is 396 cm³/mol. The molecular formula is C82H79F5N16O4. The summed E-state index contributed by atoms with van der Waals surface area (Å²) in [6.45, 7) is 13.0. The molecule has 3 unspecified atom stereocenters. The highest BCUT2D eigenvalue weighted by Gasteiger charge is 2.45. The summed E-state index contributed by atoms with van der Waals surface area (Å²) in [5.41, 5.74) is 17.9. The Morgan fingerprint density at radius 3 is 1.29 bits per heavy atom. The minimum atomic E-state index is -2.56. The third-order valence-electron chi connectivity index (χ3n) is 21.5. The monoisotopic (exact) mass is 1450 g/mol. The molecule has 7 aliphatic rings. The Bertz CT molecular complexity index is 5370. The Morgan fingerprint density at radius 2 is 0.897 bits per heavy atom. The molecular weight excluding hydrogens is 1370 g/mol. The lowest BCUT2D eigenvalue weighted by Crippen LogP contribution is -2.55. The molecule has 107 heavy (non-hydrogen) atoms. The maximum Gasteiger partial charge on any atom is 0.272 e. The van der Waals surface area contributed by atoms with Gasteiger partial charge in [0.2, 0.25) is 17.8 Å². The summed E-state index contributed by atoms with van der Waals surface area (Å²) >= 11 is 0. The summed E-state index contributed by atoms with van der Waals surface area (Å²) in [5, 5.41) is 19.3. The number of aryl methyl sites for hydroxylation is 2. The molecule has 0 spiro atoms. The SMILES string of the molecule is COC1CCN(Cc2ccc(-c3cnc(NCc4c(F)ccc5c4CCO5)n4cc(C#N)nc34)cc2)C1.Cc1cn2c(NCc3c(F)ccc4c3CCO4)ncc(-c3ccc(CN4CC(F)(F)C4)cc3)c2n1.Cc1cn2c(NCc3c(F)ccc4c3CCO4)ncc(-c3ccc(CN4CC5CC5C4)cc3)c2n1. The van der Waals surface area contributed by atoms with E-state index in [0.717, 1.165) is 146 Å². The van der Waals surface area contributed by atoms with Gasteiger partial charge in [0.25, 0.3) is 5.92 Å². The molecule has 0 radical (unpaired) electrons. The number of nitrogens with one attached hydrogen (secondary N) is 3. The Labute approximate surface area is 614 Å². The number of benzene rings is 6. The van der Waals surface area contributed by atoms with Crippen molar-refractivity contribution in [1.29, 1.82) is 5.26 Å². The number of likely N-dealkylation sites (tertiary alicyclic amines) is 3. The fraction of sp³-hybridized carbons (Fsp3) is 0.329. The zero-order chi connectivity index (χ0) is 73.0. The molecule has 12 aromatic rings. The number of hydrogen-bond acceptors (Lipinski definition) is 17. The molecule has 20 nitrogen and oxygen atoms in total. The third-order valence-corrected chi connectivity index (χ3v) is 21.5. The summed E-state index contributed by atoms with van der Waals surface area (Å²) in [4.78, 5) is 34.6. The standard InChI is InChI=1S/C28H27FN6O2.C28H28FN5O.C26H24F3N5O/c1-36-21-8-10-34(17-21)15-18-2-4-19(5-3-18)23-13-31-28(35-16-20(12-30)33-27(23)35)32-14-24-22-9-11-37-26(22)7-6-25(24)29;1-17-13-34-27(32-17)23(19-4-2-18(3-5-19)14-33-15-20-10-21(20)16-33)11-30-28(34)31-12-24-22-8-9-35-26(22)7-6-25(24)29;1-16-12-34-24(32-16)20(18-4-2-17(3-5-18)13-33-14-26(28,29)15-33)10-30-25(34)31-11-21-19-8-9-35-23(19)7-6-22(21)27/h2-7,13,16,21H,8-11,14-15,17H2,1H3,(H,31,32);2-7,11,13,20-21H,8-10,12,14-16H2,1H3,(H,30,31);2-7,10,12H,8-9,11,13-15H2,1H3,(H,30,31). The topological polar surface area (TPSA) is 197 Å². The summed E-state index contributed by atoms with van der Waals surface area (Å²) in [6, 6.07) is 36.5. The van der Waals surface area contributed by atoms with Crippen LogP contribution in [-0.2, 0) is 63.3 Å². The second-order valence-corrected chi connectivity index (χ2v) is 28.9. The molecule has 6 aliphatic heterocycles. The van der Waals surface area contributed by atoms with Gasteiger partial charge in [0, 0.05) is 173 Å². The molecule has 12 heterocycles. The lowest BCUT2D eigenvalue weighted by molar-refractivity contribution is -0.133. The Balaban J connectivity index is 0.000000118.